The number of hydrogen-bond donors (Lipinski definition) is 1. The second-order valence-corrected chi connectivity index (χ2v) is 6.67. The summed E-state index contributed by atoms with van der Waals surface area (Å²) in [5.74, 6) is -0.271. The molecule has 1 N–H and O–H groups in total. The SMILES string of the molecule is CC1(c2oc3ccccc3c2O)C(Cl)C(=O)N1c1ccc([N+](=O)[O-])cc1. The standard InChI is InChI=1S/C18H13ClN2O5/c1-18(16-14(22)12-4-2-3-5-13(12)26-16)15(19)17(23)20(18)10-6-8-11(9-7-10)21(24)25/h2-9,15,22H,1H3. The van der Waals surface area contributed by atoms with Crippen molar-refractivity contribution in [2.45, 2.75) is 17.8 Å². The van der Waals surface area contributed by atoms with Gasteiger partial charge in [0.2, 0.25) is 5.91 Å². The van der Waals surface area contributed by atoms with Gasteiger partial charge in [0.15, 0.2) is 11.5 Å². The van der Waals surface area contributed by atoms with E-state index in [9.17, 15) is 20.0 Å². The van der Waals surface area contributed by atoms with Crippen LogP contribution in [0.15, 0.2) is 52.9 Å². The summed E-state index contributed by atoms with van der Waals surface area (Å²) in [5.41, 5.74) is -0.303. The Morgan fingerprint density at radius 3 is 2.50 bits per heavy atom. The Morgan fingerprint density at radius 1 is 1.23 bits per heavy atom. The second kappa shape index (κ2) is 5.47. The molecule has 0 spiro atoms. The molecule has 2 heterocycles. The third kappa shape index (κ3) is 2.04. The number of β-lactam (4-membered cyclic amide) rings is 1. The summed E-state index contributed by atoms with van der Waals surface area (Å²) in [6.07, 6.45) is 0. The highest BCUT2D eigenvalue weighted by molar-refractivity contribution is 6.38. The number of nitro benzene ring substituents is 1. The first-order valence-electron chi connectivity index (χ1n) is 7.79. The van der Waals surface area contributed by atoms with E-state index in [1.165, 1.54) is 29.2 Å². The van der Waals surface area contributed by atoms with Crippen LogP contribution in [0.25, 0.3) is 11.0 Å². The third-order valence-corrected chi connectivity index (χ3v) is 5.35. The highest BCUT2D eigenvalue weighted by Gasteiger charge is 2.61. The lowest BCUT2D eigenvalue weighted by Crippen LogP contribution is -2.69. The van der Waals surface area contributed by atoms with Crippen molar-refractivity contribution in [2.75, 3.05) is 4.90 Å². The van der Waals surface area contributed by atoms with Crippen molar-refractivity contribution in [1.29, 1.82) is 0 Å². The number of fused-ring (bicyclic) bond motifs is 1. The lowest BCUT2D eigenvalue weighted by Gasteiger charge is -2.51. The molecule has 2 aromatic carbocycles. The van der Waals surface area contributed by atoms with Gasteiger partial charge < -0.3 is 9.52 Å². The van der Waals surface area contributed by atoms with E-state index in [4.69, 9.17) is 16.0 Å². The molecule has 8 heteroatoms. The van der Waals surface area contributed by atoms with Gasteiger partial charge in [-0.2, -0.15) is 0 Å². The summed E-state index contributed by atoms with van der Waals surface area (Å²) in [4.78, 5) is 24.1. The number of rotatable bonds is 3. The van der Waals surface area contributed by atoms with E-state index in [0.29, 0.717) is 16.7 Å². The fourth-order valence-corrected chi connectivity index (χ4v) is 3.63. The molecule has 2 atom stereocenters. The molecule has 4 rings (SSSR count). The smallest absolute Gasteiger partial charge is 0.269 e. The number of hydrogen-bond acceptors (Lipinski definition) is 5. The van der Waals surface area contributed by atoms with Crippen molar-refractivity contribution in [3.8, 4) is 5.75 Å². The predicted molar refractivity (Wildman–Crippen MR) is 95.5 cm³/mol. The number of alkyl halides is 1. The number of carbonyl (C=O) groups excluding carboxylic acids is 1. The Balaban J connectivity index is 1.83. The third-order valence-electron chi connectivity index (χ3n) is 4.74. The monoisotopic (exact) mass is 372 g/mol. The number of para-hydroxylation sites is 1. The zero-order valence-corrected chi connectivity index (χ0v) is 14.3. The average Bonchev–Trinajstić information content (AvgIpc) is 2.99. The number of nitrogens with zero attached hydrogens (tertiary/aromatic N) is 2. The quantitative estimate of drug-likeness (QED) is 0.325. The van der Waals surface area contributed by atoms with Gasteiger partial charge in [-0.15, -0.1) is 11.6 Å². The maximum absolute atomic E-state index is 12.4. The van der Waals surface area contributed by atoms with Crippen LogP contribution < -0.4 is 4.90 Å². The van der Waals surface area contributed by atoms with Crippen molar-refractivity contribution < 1.29 is 19.2 Å². The van der Waals surface area contributed by atoms with E-state index in [1.807, 2.05) is 0 Å². The molecule has 3 aromatic rings. The molecule has 132 valence electrons. The molecular weight excluding hydrogens is 360 g/mol. The van der Waals surface area contributed by atoms with Crippen LogP contribution in [-0.4, -0.2) is 21.3 Å². The number of non-ortho nitro benzene ring substituents is 1. The lowest BCUT2D eigenvalue weighted by atomic mass is 9.81. The van der Waals surface area contributed by atoms with Crippen molar-refractivity contribution >= 4 is 39.9 Å². The number of amides is 1. The Kier molecular flexibility index (Phi) is 3.45. The summed E-state index contributed by atoms with van der Waals surface area (Å²) in [6, 6.07) is 12.5. The van der Waals surface area contributed by atoms with Gasteiger partial charge in [0, 0.05) is 17.8 Å². The van der Waals surface area contributed by atoms with Gasteiger partial charge in [-0.1, -0.05) is 12.1 Å². The fourth-order valence-electron chi connectivity index (χ4n) is 3.34. The van der Waals surface area contributed by atoms with Crippen molar-refractivity contribution in [2.24, 2.45) is 0 Å². The maximum Gasteiger partial charge on any atom is 0.269 e. The molecule has 0 saturated carbocycles. The largest absolute Gasteiger partial charge is 0.504 e. The number of halogens is 1. The van der Waals surface area contributed by atoms with Gasteiger partial charge >= 0.3 is 0 Å². The number of nitro groups is 1. The normalized spacial score (nSPS) is 22.5. The molecule has 1 aliphatic heterocycles. The van der Waals surface area contributed by atoms with E-state index in [-0.39, 0.29) is 23.1 Å². The highest BCUT2D eigenvalue weighted by atomic mass is 35.5. The van der Waals surface area contributed by atoms with Gasteiger partial charge in [-0.25, -0.2) is 0 Å². The fraction of sp³-hybridized carbons (Fsp3) is 0.167. The minimum atomic E-state index is -1.13. The molecule has 7 nitrogen and oxygen atoms in total. The molecule has 2 unspecified atom stereocenters. The maximum atomic E-state index is 12.4. The Labute approximate surface area is 152 Å². The van der Waals surface area contributed by atoms with Crippen LogP contribution in [0.4, 0.5) is 11.4 Å². The van der Waals surface area contributed by atoms with E-state index in [2.05, 4.69) is 0 Å². The lowest BCUT2D eigenvalue weighted by molar-refractivity contribution is -0.384. The van der Waals surface area contributed by atoms with Crippen LogP contribution in [0.3, 0.4) is 0 Å². The first-order valence-corrected chi connectivity index (χ1v) is 8.23. The Hall–Kier alpha value is -3.06. The van der Waals surface area contributed by atoms with E-state index >= 15 is 0 Å². The Bertz CT molecular complexity index is 1050. The molecule has 26 heavy (non-hydrogen) atoms. The van der Waals surface area contributed by atoms with E-state index in [0.717, 1.165) is 0 Å². The number of aromatic hydroxyl groups is 1. The molecule has 1 amide bonds. The highest BCUT2D eigenvalue weighted by Crippen LogP contribution is 2.52. The molecule has 0 aliphatic carbocycles. The van der Waals surface area contributed by atoms with Gasteiger partial charge in [-0.3, -0.25) is 19.8 Å². The zero-order chi connectivity index (χ0) is 18.6. The summed E-state index contributed by atoms with van der Waals surface area (Å²) in [7, 11) is 0. The van der Waals surface area contributed by atoms with Gasteiger partial charge in [-0.05, 0) is 31.2 Å². The van der Waals surface area contributed by atoms with Crippen LogP contribution in [-0.2, 0) is 10.3 Å². The molecule has 1 aromatic heterocycles. The van der Waals surface area contributed by atoms with E-state index < -0.39 is 15.8 Å². The van der Waals surface area contributed by atoms with Crippen molar-refractivity contribution in [3.05, 3.63) is 64.4 Å². The van der Waals surface area contributed by atoms with Crippen LogP contribution in [0, 0.1) is 10.1 Å². The number of furan rings is 1. The topological polar surface area (TPSA) is 96.8 Å². The minimum Gasteiger partial charge on any atom is -0.504 e. The van der Waals surface area contributed by atoms with E-state index in [1.54, 1.807) is 31.2 Å². The number of benzene rings is 2. The second-order valence-electron chi connectivity index (χ2n) is 6.23. The van der Waals surface area contributed by atoms with Crippen LogP contribution in [0.2, 0.25) is 0 Å². The van der Waals surface area contributed by atoms with Gasteiger partial charge in [0.05, 0.1) is 10.3 Å². The molecular formula is C18H13ClN2O5. The van der Waals surface area contributed by atoms with Gasteiger partial charge in [0.25, 0.3) is 5.69 Å². The molecule has 1 aliphatic rings. The predicted octanol–water partition coefficient (Wildman–Crippen LogP) is 3.92. The Morgan fingerprint density at radius 2 is 1.88 bits per heavy atom. The summed E-state index contributed by atoms with van der Waals surface area (Å²) in [6.45, 7) is 1.69. The summed E-state index contributed by atoms with van der Waals surface area (Å²) >= 11 is 6.30. The molecule has 1 fully saturated rings. The summed E-state index contributed by atoms with van der Waals surface area (Å²) < 4.78 is 5.80. The van der Waals surface area contributed by atoms with Crippen LogP contribution in [0.1, 0.15) is 12.7 Å². The van der Waals surface area contributed by atoms with Crippen LogP contribution in [0.5, 0.6) is 5.75 Å². The summed E-state index contributed by atoms with van der Waals surface area (Å²) in [5, 5.41) is 21.0. The first-order chi connectivity index (χ1) is 12.4. The molecule has 0 bridgehead atoms. The number of carbonyl (C=O) groups is 1. The average molecular weight is 373 g/mol. The molecule has 0 radical (unpaired) electrons. The zero-order valence-electron chi connectivity index (χ0n) is 13.5. The van der Waals surface area contributed by atoms with Crippen LogP contribution >= 0.6 is 11.6 Å². The van der Waals surface area contributed by atoms with Crippen molar-refractivity contribution in [3.63, 3.8) is 0 Å². The number of anilines is 1. The molecule has 1 saturated heterocycles. The van der Waals surface area contributed by atoms with Gasteiger partial charge in [0.1, 0.15) is 16.5 Å². The minimum absolute atomic E-state index is 0.0758. The van der Waals surface area contributed by atoms with Crippen molar-refractivity contribution in [1.82, 2.24) is 0 Å². The first kappa shape index (κ1) is 16.4.